The number of allylic oxidation sites excluding steroid dienone is 4. The quantitative estimate of drug-likeness (QED) is 0.195. The van der Waals surface area contributed by atoms with Crippen molar-refractivity contribution in [3.8, 4) is 10.4 Å². The third-order valence-electron chi connectivity index (χ3n) is 5.92. The van der Waals surface area contributed by atoms with Gasteiger partial charge in [-0.1, -0.05) is 49.1 Å². The zero-order chi connectivity index (χ0) is 23.3. The Morgan fingerprint density at radius 2 is 2.12 bits per heavy atom. The van der Waals surface area contributed by atoms with Crippen LogP contribution >= 0.6 is 11.3 Å². The molecule has 3 rings (SSSR count). The number of ether oxygens (including phenoxy) is 2. The van der Waals surface area contributed by atoms with Crippen LogP contribution in [0.25, 0.3) is 10.4 Å². The number of methoxy groups -OCH3 is 1. The molecule has 33 heavy (non-hydrogen) atoms. The predicted molar refractivity (Wildman–Crippen MR) is 137 cm³/mol. The highest BCUT2D eigenvalue weighted by Crippen LogP contribution is 2.25. The van der Waals surface area contributed by atoms with Gasteiger partial charge in [-0.15, -0.1) is 11.3 Å². The van der Waals surface area contributed by atoms with Crippen molar-refractivity contribution in [1.29, 1.82) is 0 Å². The molecule has 0 N–H and O–H groups in total. The zero-order valence-electron chi connectivity index (χ0n) is 19.6. The first kappa shape index (κ1) is 25.0. The lowest BCUT2D eigenvalue weighted by molar-refractivity contribution is -0.140. The lowest BCUT2D eigenvalue weighted by Gasteiger charge is -2.24. The summed E-state index contributed by atoms with van der Waals surface area (Å²) in [6.45, 7) is 6.45. The maximum atomic E-state index is 11.3. The summed E-state index contributed by atoms with van der Waals surface area (Å²) in [4.78, 5) is 15.1. The molecule has 1 fully saturated rings. The lowest BCUT2D eigenvalue weighted by Crippen LogP contribution is -2.34. The Hall–Kier alpha value is -2.63. The molecule has 1 aromatic heterocycles. The van der Waals surface area contributed by atoms with E-state index in [0.29, 0.717) is 19.1 Å². The van der Waals surface area contributed by atoms with E-state index in [1.807, 2.05) is 6.08 Å². The number of likely N-dealkylation sites (tertiary alicyclic amines) is 1. The van der Waals surface area contributed by atoms with Crippen LogP contribution in [0.15, 0.2) is 78.4 Å². The molecule has 2 aromatic rings. The molecule has 0 unspecified atom stereocenters. The van der Waals surface area contributed by atoms with Crippen molar-refractivity contribution in [2.75, 3.05) is 26.8 Å². The number of rotatable bonds is 13. The molecular formula is C28H35NO3S. The van der Waals surface area contributed by atoms with E-state index in [4.69, 9.17) is 9.47 Å². The zero-order valence-corrected chi connectivity index (χ0v) is 20.4. The average molecular weight is 466 g/mol. The normalized spacial score (nSPS) is 16.9. The van der Waals surface area contributed by atoms with Crippen LogP contribution in [0, 0.1) is 0 Å². The van der Waals surface area contributed by atoms with Gasteiger partial charge in [-0.25, -0.2) is 0 Å². The summed E-state index contributed by atoms with van der Waals surface area (Å²) < 4.78 is 10.9. The van der Waals surface area contributed by atoms with Gasteiger partial charge in [0.25, 0.3) is 0 Å². The molecule has 0 aliphatic carbocycles. The molecule has 4 nitrogen and oxygen atoms in total. The average Bonchev–Trinajstić information content (AvgIpc) is 3.53. The Bertz CT molecular complexity index is 915. The van der Waals surface area contributed by atoms with Crippen LogP contribution in [0.2, 0.25) is 0 Å². The van der Waals surface area contributed by atoms with Crippen LogP contribution < -0.4 is 0 Å². The van der Waals surface area contributed by atoms with Crippen LogP contribution in [0.3, 0.4) is 0 Å². The fourth-order valence-electron chi connectivity index (χ4n) is 4.10. The van der Waals surface area contributed by atoms with Crippen molar-refractivity contribution in [2.24, 2.45) is 0 Å². The van der Waals surface area contributed by atoms with Crippen molar-refractivity contribution in [2.45, 2.75) is 44.6 Å². The minimum Gasteiger partial charge on any atom is -0.492 e. The Morgan fingerprint density at radius 1 is 1.27 bits per heavy atom. The summed E-state index contributed by atoms with van der Waals surface area (Å²) >= 11 is 1.77. The molecule has 2 heterocycles. The smallest absolute Gasteiger partial charge is 0.305 e. The first-order chi connectivity index (χ1) is 16.2. The number of hydrogen-bond acceptors (Lipinski definition) is 5. The van der Waals surface area contributed by atoms with Gasteiger partial charge in [0.15, 0.2) is 0 Å². The van der Waals surface area contributed by atoms with E-state index in [9.17, 15) is 4.79 Å². The number of hydrogen-bond donors (Lipinski definition) is 0. The van der Waals surface area contributed by atoms with Gasteiger partial charge in [0.05, 0.1) is 7.11 Å². The van der Waals surface area contributed by atoms with E-state index in [1.165, 1.54) is 29.5 Å². The highest BCUT2D eigenvalue weighted by molar-refractivity contribution is 7.13. The molecule has 5 heteroatoms. The molecule has 0 radical (unpaired) electrons. The van der Waals surface area contributed by atoms with Gasteiger partial charge in [0, 0.05) is 17.3 Å². The summed E-state index contributed by atoms with van der Waals surface area (Å²) in [5.41, 5.74) is 2.61. The third kappa shape index (κ3) is 8.34. The second-order valence-electron chi connectivity index (χ2n) is 8.24. The first-order valence-corrected chi connectivity index (χ1v) is 12.6. The molecule has 0 bridgehead atoms. The Balaban J connectivity index is 1.42. The first-order valence-electron chi connectivity index (χ1n) is 11.8. The topological polar surface area (TPSA) is 38.8 Å². The Labute approximate surface area is 202 Å². The van der Waals surface area contributed by atoms with Crippen molar-refractivity contribution >= 4 is 17.3 Å². The highest BCUT2D eigenvalue weighted by atomic mass is 32.1. The van der Waals surface area contributed by atoms with E-state index >= 15 is 0 Å². The van der Waals surface area contributed by atoms with Gasteiger partial charge < -0.3 is 9.47 Å². The van der Waals surface area contributed by atoms with Crippen molar-refractivity contribution in [1.82, 2.24) is 4.90 Å². The summed E-state index contributed by atoms with van der Waals surface area (Å²) in [5.74, 6) is 0.709. The van der Waals surface area contributed by atoms with Gasteiger partial charge in [-0.2, -0.15) is 0 Å². The van der Waals surface area contributed by atoms with Crippen LogP contribution in [0.1, 0.15) is 37.7 Å². The maximum Gasteiger partial charge on any atom is 0.305 e. The SMILES string of the molecule is C=CC=C(C=CCCc1ccc(-c2cccs2)cc1)OC[C@@H]1CCCN1CCCC(=O)OC. The Morgan fingerprint density at radius 3 is 2.85 bits per heavy atom. The second-order valence-corrected chi connectivity index (χ2v) is 9.19. The predicted octanol–water partition coefficient (Wildman–Crippen LogP) is 6.41. The number of carbonyl (C=O) groups excluding carboxylic acids is 1. The summed E-state index contributed by atoms with van der Waals surface area (Å²) in [5, 5.41) is 2.11. The maximum absolute atomic E-state index is 11.3. The van der Waals surface area contributed by atoms with Crippen molar-refractivity contribution in [3.05, 3.63) is 84.0 Å². The second kappa shape index (κ2) is 13.8. The number of aryl methyl sites for hydroxylation is 1. The fraction of sp³-hybridized carbons (Fsp3) is 0.393. The summed E-state index contributed by atoms with van der Waals surface area (Å²) in [6.07, 6.45) is 13.5. The molecule has 1 aliphatic rings. The summed E-state index contributed by atoms with van der Waals surface area (Å²) in [7, 11) is 1.44. The van der Waals surface area contributed by atoms with E-state index in [1.54, 1.807) is 17.4 Å². The molecule has 0 spiro atoms. The minimum atomic E-state index is -0.137. The van der Waals surface area contributed by atoms with Gasteiger partial charge in [-0.05, 0) is 79.9 Å². The van der Waals surface area contributed by atoms with Crippen LogP contribution in [-0.2, 0) is 20.7 Å². The largest absolute Gasteiger partial charge is 0.492 e. The number of nitrogens with zero attached hydrogens (tertiary/aromatic N) is 1. The molecule has 1 atom stereocenters. The van der Waals surface area contributed by atoms with E-state index in [0.717, 1.165) is 44.5 Å². The Kier molecular flexibility index (Phi) is 10.5. The van der Waals surface area contributed by atoms with Crippen molar-refractivity contribution < 1.29 is 14.3 Å². The molecular weight excluding hydrogens is 430 g/mol. The number of esters is 1. The van der Waals surface area contributed by atoms with Crippen LogP contribution in [0.4, 0.5) is 0 Å². The number of benzene rings is 1. The lowest BCUT2D eigenvalue weighted by atomic mass is 10.1. The van der Waals surface area contributed by atoms with Gasteiger partial charge in [0.2, 0.25) is 0 Å². The van der Waals surface area contributed by atoms with Crippen molar-refractivity contribution in [3.63, 3.8) is 0 Å². The van der Waals surface area contributed by atoms with Gasteiger partial charge in [-0.3, -0.25) is 9.69 Å². The molecule has 1 aliphatic heterocycles. The minimum absolute atomic E-state index is 0.137. The molecule has 1 saturated heterocycles. The standard InChI is InChI=1S/C28H35NO3S/c1-3-9-26(32-22-25-11-6-19-29(25)20-7-14-28(30)31-2)12-5-4-10-23-15-17-24(18-16-23)27-13-8-21-33-27/h3,5,8-9,12-13,15-18,21,25H,1,4,6-7,10-11,14,19-20,22H2,2H3/t25-/m0/s1. The number of thiophene rings is 1. The fourth-order valence-corrected chi connectivity index (χ4v) is 4.83. The third-order valence-corrected chi connectivity index (χ3v) is 6.84. The van der Waals surface area contributed by atoms with E-state index in [2.05, 4.69) is 65.4 Å². The van der Waals surface area contributed by atoms with E-state index < -0.39 is 0 Å². The highest BCUT2D eigenvalue weighted by Gasteiger charge is 2.24. The monoisotopic (exact) mass is 465 g/mol. The van der Waals surface area contributed by atoms with Crippen LogP contribution in [0.5, 0.6) is 0 Å². The molecule has 0 amide bonds. The van der Waals surface area contributed by atoms with Gasteiger partial charge in [0.1, 0.15) is 12.4 Å². The van der Waals surface area contributed by atoms with Gasteiger partial charge >= 0.3 is 5.97 Å². The van der Waals surface area contributed by atoms with Crippen LogP contribution in [-0.4, -0.2) is 43.7 Å². The molecule has 176 valence electrons. The molecule has 1 aromatic carbocycles. The van der Waals surface area contributed by atoms with E-state index in [-0.39, 0.29) is 5.97 Å². The molecule has 0 saturated carbocycles. The number of carbonyl (C=O) groups is 1. The summed E-state index contributed by atoms with van der Waals surface area (Å²) in [6, 6.07) is 13.5.